The lowest BCUT2D eigenvalue weighted by molar-refractivity contribution is -0.139. The predicted octanol–water partition coefficient (Wildman–Crippen LogP) is 5.17. The molecule has 2 aliphatic carbocycles. The van der Waals surface area contributed by atoms with Crippen LogP contribution in [0.15, 0.2) is 53.4 Å². The van der Waals surface area contributed by atoms with Crippen LogP contribution >= 0.6 is 11.6 Å². The monoisotopic (exact) mass is 784 g/mol. The fraction of sp³-hybridized carbons (Fsp3) is 0.600. The fourth-order valence-corrected chi connectivity index (χ4v) is 9.99. The van der Waals surface area contributed by atoms with Crippen molar-refractivity contribution in [2.75, 3.05) is 77.6 Å². The summed E-state index contributed by atoms with van der Waals surface area (Å²) >= 11 is 6.46. The number of anilines is 1. The van der Waals surface area contributed by atoms with Crippen LogP contribution in [0, 0.1) is 11.8 Å². The van der Waals surface area contributed by atoms with Crippen LogP contribution in [0.2, 0.25) is 5.02 Å². The van der Waals surface area contributed by atoms with E-state index in [4.69, 9.17) is 30.5 Å². The van der Waals surface area contributed by atoms with Crippen LogP contribution in [0.4, 0.5) is 10.5 Å². The molecule has 2 aromatic rings. The van der Waals surface area contributed by atoms with Gasteiger partial charge in [-0.05, 0) is 112 Å². The van der Waals surface area contributed by atoms with E-state index in [9.17, 15) is 18.0 Å². The molecule has 5 aliphatic rings. The number of sulfonamides is 1. The summed E-state index contributed by atoms with van der Waals surface area (Å²) in [7, 11) is -2.55. The number of halogens is 1. The molecular weight excluding hydrogens is 732 g/mol. The topological polar surface area (TPSA) is 127 Å². The predicted molar refractivity (Wildman–Crippen MR) is 206 cm³/mol. The van der Waals surface area contributed by atoms with Crippen molar-refractivity contribution in [2.24, 2.45) is 11.8 Å². The van der Waals surface area contributed by atoms with Gasteiger partial charge in [-0.3, -0.25) is 9.69 Å². The molecule has 54 heavy (non-hydrogen) atoms. The number of nitrogens with zero attached hydrogens (tertiary/aromatic N) is 3. The van der Waals surface area contributed by atoms with Gasteiger partial charge in [-0.25, -0.2) is 17.9 Å². The van der Waals surface area contributed by atoms with E-state index in [0.29, 0.717) is 55.9 Å². The summed E-state index contributed by atoms with van der Waals surface area (Å²) < 4.78 is 53.8. The Labute approximate surface area is 324 Å². The van der Waals surface area contributed by atoms with Crippen molar-refractivity contribution < 1.29 is 37.0 Å². The second-order valence-corrected chi connectivity index (χ2v) is 18.1. The number of carbonyl (C=O) groups excluding carboxylic acids is 2. The maximum atomic E-state index is 13.8. The summed E-state index contributed by atoms with van der Waals surface area (Å²) in [6.45, 7) is 9.02. The fourth-order valence-electron chi connectivity index (χ4n) is 8.67. The molecule has 2 fully saturated rings. The average molecular weight is 785 g/mol. The van der Waals surface area contributed by atoms with E-state index in [0.717, 1.165) is 58.2 Å². The Kier molecular flexibility index (Phi) is 11.5. The molecule has 12 nitrogen and oxygen atoms in total. The minimum atomic E-state index is -4.25. The number of carbonyl (C=O) groups is 2. The summed E-state index contributed by atoms with van der Waals surface area (Å²) in [5.74, 6) is -0.0390. The second-order valence-electron chi connectivity index (χ2n) is 15.9. The lowest BCUT2D eigenvalue weighted by Gasteiger charge is -2.46. The average Bonchev–Trinajstić information content (AvgIpc) is 3.46. The van der Waals surface area contributed by atoms with Gasteiger partial charge in [-0.2, -0.15) is 0 Å². The van der Waals surface area contributed by atoms with Crippen LogP contribution in [0.3, 0.4) is 0 Å². The Bertz CT molecular complexity index is 1860. The molecule has 1 N–H and O–H groups in total. The quantitative estimate of drug-likeness (QED) is 0.416. The molecule has 7 rings (SSSR count). The molecule has 0 radical (unpaired) electrons. The first-order valence-electron chi connectivity index (χ1n) is 19.2. The summed E-state index contributed by atoms with van der Waals surface area (Å²) in [4.78, 5) is 33.5. The third-order valence-electron chi connectivity index (χ3n) is 12.0. The van der Waals surface area contributed by atoms with E-state index in [1.54, 1.807) is 30.2 Å². The van der Waals surface area contributed by atoms with Gasteiger partial charge in [0, 0.05) is 62.7 Å². The summed E-state index contributed by atoms with van der Waals surface area (Å²) in [5, 5.41) is 0.702. The first-order chi connectivity index (χ1) is 25.9. The Balaban J connectivity index is 1.22. The zero-order valence-electron chi connectivity index (χ0n) is 31.6. The molecule has 2 aromatic carbocycles. The summed E-state index contributed by atoms with van der Waals surface area (Å²) in [6, 6.07) is 10.9. The highest BCUT2D eigenvalue weighted by Crippen LogP contribution is 2.47. The Morgan fingerprint density at radius 3 is 2.72 bits per heavy atom. The standard InChI is InChI=1S/C40H53ClN4O8S/c1-39(2)37(46)42-54(48,49)31-11-14-36-34(24-31)45(26-40(27-51-36)15-4-7-28-23-30(41)10-13-33(28)40)25-29-9-12-32(29)35(8-5-21-52-39)53-38(47)44-17-6-16-43(18-19-44)20-22-50-3/h5,8,10-11,13-14,23-24,29,32,35H,4,6-7,9,12,15-22,25-27H2,1-3H3,(H,42,46)/b8-5+/t29-,32+,35-,40-/m0/s1. The zero-order chi connectivity index (χ0) is 38.1. The number of methoxy groups -OCH3 is 1. The molecule has 3 heterocycles. The third-order valence-corrected chi connectivity index (χ3v) is 13.6. The van der Waals surface area contributed by atoms with Crippen LogP contribution < -0.4 is 14.4 Å². The highest BCUT2D eigenvalue weighted by molar-refractivity contribution is 7.90. The molecule has 0 aromatic heterocycles. The van der Waals surface area contributed by atoms with Crippen molar-refractivity contribution in [3.63, 3.8) is 0 Å². The second kappa shape index (κ2) is 16.0. The lowest BCUT2D eigenvalue weighted by Crippen LogP contribution is -2.50. The summed E-state index contributed by atoms with van der Waals surface area (Å²) in [5.41, 5.74) is 1.25. The largest absolute Gasteiger partial charge is 0.490 e. The van der Waals surface area contributed by atoms with Crippen molar-refractivity contribution in [3.05, 3.63) is 64.7 Å². The number of hydrogen-bond acceptors (Lipinski definition) is 10. The van der Waals surface area contributed by atoms with Crippen molar-refractivity contribution >= 4 is 39.3 Å². The highest BCUT2D eigenvalue weighted by Gasteiger charge is 2.45. The molecule has 2 amide bonds. The van der Waals surface area contributed by atoms with Gasteiger partial charge in [0.2, 0.25) is 0 Å². The van der Waals surface area contributed by atoms with Gasteiger partial charge in [0.1, 0.15) is 17.5 Å². The molecule has 3 aliphatic heterocycles. The van der Waals surface area contributed by atoms with Crippen molar-refractivity contribution in [1.82, 2.24) is 14.5 Å². The third kappa shape index (κ3) is 8.26. The van der Waals surface area contributed by atoms with Gasteiger partial charge < -0.3 is 28.7 Å². The van der Waals surface area contributed by atoms with E-state index >= 15 is 0 Å². The number of aryl methyl sites for hydroxylation is 1. The van der Waals surface area contributed by atoms with Gasteiger partial charge in [-0.15, -0.1) is 0 Å². The molecular formula is C40H53ClN4O8S. The number of benzene rings is 2. The molecule has 1 saturated carbocycles. The first-order valence-corrected chi connectivity index (χ1v) is 21.1. The van der Waals surface area contributed by atoms with Crippen LogP contribution in [0.5, 0.6) is 5.75 Å². The normalized spacial score (nSPS) is 29.0. The number of hydrogen-bond donors (Lipinski definition) is 1. The Morgan fingerprint density at radius 1 is 1.07 bits per heavy atom. The van der Waals surface area contributed by atoms with Crippen LogP contribution in [-0.2, 0) is 40.9 Å². The number of fused-ring (bicyclic) bond motifs is 4. The Morgan fingerprint density at radius 2 is 1.93 bits per heavy atom. The molecule has 0 unspecified atom stereocenters. The molecule has 14 heteroatoms. The van der Waals surface area contributed by atoms with Crippen LogP contribution in [-0.4, -0.2) is 115 Å². The first kappa shape index (κ1) is 38.9. The van der Waals surface area contributed by atoms with Crippen molar-refractivity contribution in [3.8, 4) is 5.75 Å². The van der Waals surface area contributed by atoms with Gasteiger partial charge in [0.15, 0.2) is 0 Å². The zero-order valence-corrected chi connectivity index (χ0v) is 33.1. The van der Waals surface area contributed by atoms with Crippen molar-refractivity contribution in [2.45, 2.75) is 74.4 Å². The van der Waals surface area contributed by atoms with E-state index in [1.807, 2.05) is 12.1 Å². The molecule has 1 spiro atoms. The van der Waals surface area contributed by atoms with Crippen LogP contribution in [0.1, 0.15) is 57.1 Å². The number of nitrogens with one attached hydrogen (secondary N) is 1. The van der Waals surface area contributed by atoms with Gasteiger partial charge in [0.05, 0.1) is 30.4 Å². The van der Waals surface area contributed by atoms with Crippen LogP contribution in [0.25, 0.3) is 0 Å². The van der Waals surface area contributed by atoms with Gasteiger partial charge >= 0.3 is 6.09 Å². The van der Waals surface area contributed by atoms with E-state index in [-0.39, 0.29) is 34.8 Å². The summed E-state index contributed by atoms with van der Waals surface area (Å²) in [6.07, 6.45) is 8.25. The van der Waals surface area contributed by atoms with E-state index in [2.05, 4.69) is 26.7 Å². The SMILES string of the molecule is COCCN1CCCN(C(=O)O[C@H]2/C=C/COC(C)(C)C(=O)NS(=O)(=O)c3ccc4c(c3)N(C[C@@H]3CC[C@H]32)C[C@@]2(CCCc3cc(Cl)ccc32)CO4)CC1. The number of amides is 2. The van der Waals surface area contributed by atoms with Gasteiger partial charge in [-0.1, -0.05) is 23.7 Å². The maximum absolute atomic E-state index is 13.8. The lowest BCUT2D eigenvalue weighted by atomic mass is 9.68. The molecule has 4 atom stereocenters. The highest BCUT2D eigenvalue weighted by atomic mass is 35.5. The number of ether oxygens (including phenoxy) is 4. The number of rotatable bonds is 4. The maximum Gasteiger partial charge on any atom is 0.410 e. The molecule has 2 bridgehead atoms. The van der Waals surface area contributed by atoms with Crippen molar-refractivity contribution in [1.29, 1.82) is 0 Å². The van der Waals surface area contributed by atoms with Gasteiger partial charge in [0.25, 0.3) is 15.9 Å². The molecule has 1 saturated heterocycles. The van der Waals surface area contributed by atoms with E-state index < -0.39 is 27.6 Å². The minimum absolute atomic E-state index is 0.0209. The van der Waals surface area contributed by atoms with E-state index in [1.165, 1.54) is 31.0 Å². The minimum Gasteiger partial charge on any atom is -0.490 e. The smallest absolute Gasteiger partial charge is 0.410 e. The Hall–Kier alpha value is -3.36. The molecule has 294 valence electrons.